The van der Waals surface area contributed by atoms with Gasteiger partial charge in [-0.05, 0) is 15.4 Å². The van der Waals surface area contributed by atoms with Crippen molar-refractivity contribution in [2.45, 2.75) is 46.1 Å². The van der Waals surface area contributed by atoms with Crippen LogP contribution in [-0.4, -0.2) is 20.7 Å². The number of carbonyl (C=O) groups excluding carboxylic acids is 1. The number of nitriles is 1. The molecule has 2 aromatic rings. The van der Waals surface area contributed by atoms with Gasteiger partial charge in [-0.2, -0.15) is 5.26 Å². The Bertz CT molecular complexity index is 762. The van der Waals surface area contributed by atoms with Crippen LogP contribution >= 0.6 is 0 Å². The van der Waals surface area contributed by atoms with Crippen LogP contribution in [0, 0.1) is 16.7 Å². The Labute approximate surface area is 164 Å². The Morgan fingerprint density at radius 2 is 1.37 bits per heavy atom. The molecule has 0 radical (unpaired) electrons. The third-order valence-corrected chi connectivity index (χ3v) is 10.0. The molecular formula is C23H29NO2Si. The molecule has 0 spiro atoms. The standard InChI is InChI=1S/C23H29NO2Si/c1-22(2,3)27(19-12-8-6-9-13-19,20-14-10-7-11-15-20)26-18-23(4,5)21(25)16-17-24/h6-15H,16,18H2,1-5H3. The van der Waals surface area contributed by atoms with Gasteiger partial charge in [-0.3, -0.25) is 4.79 Å². The van der Waals surface area contributed by atoms with Crippen LogP contribution in [0.4, 0.5) is 0 Å². The molecular weight excluding hydrogens is 350 g/mol. The van der Waals surface area contributed by atoms with Gasteiger partial charge in [0.1, 0.15) is 0 Å². The van der Waals surface area contributed by atoms with Crippen molar-refractivity contribution in [3.8, 4) is 6.07 Å². The summed E-state index contributed by atoms with van der Waals surface area (Å²) in [4.78, 5) is 12.4. The van der Waals surface area contributed by atoms with E-state index in [4.69, 9.17) is 9.69 Å². The van der Waals surface area contributed by atoms with E-state index in [2.05, 4.69) is 45.0 Å². The summed E-state index contributed by atoms with van der Waals surface area (Å²) in [5, 5.41) is 11.2. The molecule has 0 unspecified atom stereocenters. The average Bonchev–Trinajstić information content (AvgIpc) is 2.63. The molecule has 142 valence electrons. The van der Waals surface area contributed by atoms with E-state index in [1.165, 1.54) is 10.4 Å². The highest BCUT2D eigenvalue weighted by Gasteiger charge is 2.51. The van der Waals surface area contributed by atoms with E-state index in [0.29, 0.717) is 6.61 Å². The summed E-state index contributed by atoms with van der Waals surface area (Å²) in [7, 11) is -2.66. The molecule has 0 aliphatic rings. The molecule has 0 aliphatic carbocycles. The quantitative estimate of drug-likeness (QED) is 0.681. The summed E-state index contributed by atoms with van der Waals surface area (Å²) in [6.07, 6.45) is -0.0862. The van der Waals surface area contributed by atoms with Crippen molar-refractivity contribution >= 4 is 24.5 Å². The van der Waals surface area contributed by atoms with Crippen LogP contribution in [0.1, 0.15) is 41.0 Å². The van der Waals surface area contributed by atoms with Crippen LogP contribution in [0.2, 0.25) is 5.04 Å². The minimum Gasteiger partial charge on any atom is -0.406 e. The third kappa shape index (κ3) is 4.37. The Hall–Kier alpha value is -2.22. The maximum atomic E-state index is 12.4. The van der Waals surface area contributed by atoms with E-state index < -0.39 is 13.7 Å². The predicted octanol–water partition coefficient (Wildman–Crippen LogP) is 4.07. The van der Waals surface area contributed by atoms with Gasteiger partial charge in [0.25, 0.3) is 8.32 Å². The Morgan fingerprint density at radius 1 is 0.926 bits per heavy atom. The molecule has 0 saturated carbocycles. The highest BCUT2D eigenvalue weighted by Crippen LogP contribution is 2.38. The van der Waals surface area contributed by atoms with E-state index in [1.54, 1.807) is 0 Å². The number of carbonyl (C=O) groups is 1. The van der Waals surface area contributed by atoms with E-state index >= 15 is 0 Å². The van der Waals surface area contributed by atoms with Crippen molar-refractivity contribution in [1.29, 1.82) is 5.26 Å². The van der Waals surface area contributed by atoms with Crippen molar-refractivity contribution in [2.24, 2.45) is 5.41 Å². The molecule has 0 fully saturated rings. The van der Waals surface area contributed by atoms with Gasteiger partial charge in [0.2, 0.25) is 0 Å². The van der Waals surface area contributed by atoms with Crippen molar-refractivity contribution < 1.29 is 9.22 Å². The Morgan fingerprint density at radius 3 is 1.74 bits per heavy atom. The normalized spacial score (nSPS) is 12.4. The predicted molar refractivity (Wildman–Crippen MR) is 113 cm³/mol. The molecule has 27 heavy (non-hydrogen) atoms. The number of ketones is 1. The molecule has 0 amide bonds. The second kappa shape index (κ2) is 8.20. The first-order valence-electron chi connectivity index (χ1n) is 9.30. The van der Waals surface area contributed by atoms with Gasteiger partial charge in [-0.1, -0.05) is 95.3 Å². The van der Waals surface area contributed by atoms with Crippen LogP contribution in [0.15, 0.2) is 60.7 Å². The van der Waals surface area contributed by atoms with Crippen molar-refractivity contribution in [3.05, 3.63) is 60.7 Å². The summed E-state index contributed by atoms with van der Waals surface area (Å²) in [6.45, 7) is 10.7. The van der Waals surface area contributed by atoms with Crippen LogP contribution in [0.5, 0.6) is 0 Å². The first kappa shape index (κ1) is 21.1. The second-order valence-corrected chi connectivity index (χ2v) is 12.9. The smallest absolute Gasteiger partial charge is 0.261 e. The first-order chi connectivity index (χ1) is 12.6. The van der Waals surface area contributed by atoms with E-state index in [-0.39, 0.29) is 17.2 Å². The summed E-state index contributed by atoms with van der Waals surface area (Å²) in [5.41, 5.74) is -0.706. The summed E-state index contributed by atoms with van der Waals surface area (Å²) >= 11 is 0. The van der Waals surface area contributed by atoms with Gasteiger partial charge in [0.05, 0.1) is 12.5 Å². The van der Waals surface area contributed by atoms with Gasteiger partial charge in [-0.25, -0.2) is 0 Å². The van der Waals surface area contributed by atoms with Gasteiger partial charge >= 0.3 is 0 Å². The SMILES string of the molecule is CC(C)(CO[Si](c1ccccc1)(c1ccccc1)C(C)(C)C)C(=O)CC#N. The zero-order chi connectivity index (χ0) is 20.1. The largest absolute Gasteiger partial charge is 0.406 e. The van der Waals surface area contributed by atoms with Gasteiger partial charge in [0, 0.05) is 12.0 Å². The molecule has 0 saturated heterocycles. The van der Waals surface area contributed by atoms with Gasteiger partial charge < -0.3 is 4.43 Å². The number of benzene rings is 2. The van der Waals surface area contributed by atoms with Crippen LogP contribution in [-0.2, 0) is 9.22 Å². The highest BCUT2D eigenvalue weighted by molar-refractivity contribution is 6.99. The van der Waals surface area contributed by atoms with E-state index in [9.17, 15) is 4.79 Å². The summed E-state index contributed by atoms with van der Waals surface area (Å²) in [6, 6.07) is 22.7. The molecule has 0 aliphatic heterocycles. The third-order valence-electron chi connectivity index (χ3n) is 5.06. The molecule has 0 heterocycles. The lowest BCUT2D eigenvalue weighted by Gasteiger charge is -2.44. The molecule has 0 atom stereocenters. The molecule has 0 N–H and O–H groups in total. The fraction of sp³-hybridized carbons (Fsp3) is 0.391. The maximum Gasteiger partial charge on any atom is 0.261 e. The number of hydrogen-bond donors (Lipinski definition) is 0. The number of nitrogens with zero attached hydrogens (tertiary/aromatic N) is 1. The lowest BCUT2D eigenvalue weighted by atomic mass is 9.88. The van der Waals surface area contributed by atoms with Gasteiger partial charge in [0.15, 0.2) is 5.78 Å². The highest BCUT2D eigenvalue weighted by atomic mass is 28.4. The number of rotatable bonds is 7. The molecule has 2 rings (SSSR count). The lowest BCUT2D eigenvalue weighted by molar-refractivity contribution is -0.127. The fourth-order valence-electron chi connectivity index (χ4n) is 3.44. The van der Waals surface area contributed by atoms with Crippen molar-refractivity contribution in [1.82, 2.24) is 0 Å². The van der Waals surface area contributed by atoms with Crippen molar-refractivity contribution in [2.75, 3.05) is 6.61 Å². The average molecular weight is 380 g/mol. The molecule has 0 aromatic heterocycles. The summed E-state index contributed by atoms with van der Waals surface area (Å²) in [5.74, 6) is -0.0806. The van der Waals surface area contributed by atoms with Crippen LogP contribution < -0.4 is 10.4 Å². The second-order valence-electron chi connectivity index (χ2n) is 8.59. The molecule has 4 heteroatoms. The molecule has 0 bridgehead atoms. The lowest BCUT2D eigenvalue weighted by Crippen LogP contribution is -2.67. The zero-order valence-corrected chi connectivity index (χ0v) is 18.0. The topological polar surface area (TPSA) is 50.1 Å². The van der Waals surface area contributed by atoms with Crippen LogP contribution in [0.3, 0.4) is 0 Å². The summed E-state index contributed by atoms with van der Waals surface area (Å²) < 4.78 is 6.81. The number of hydrogen-bond acceptors (Lipinski definition) is 3. The minimum absolute atomic E-state index is 0.0806. The van der Waals surface area contributed by atoms with E-state index in [1.807, 2.05) is 56.3 Å². The Kier molecular flexibility index (Phi) is 6.41. The van der Waals surface area contributed by atoms with Crippen LogP contribution in [0.25, 0.3) is 0 Å². The minimum atomic E-state index is -2.66. The van der Waals surface area contributed by atoms with Gasteiger partial charge in [-0.15, -0.1) is 0 Å². The monoisotopic (exact) mass is 379 g/mol. The number of Topliss-reactive ketones (excluding diaryl/α,β-unsaturated/α-hetero) is 1. The first-order valence-corrected chi connectivity index (χ1v) is 11.2. The fourth-order valence-corrected chi connectivity index (χ4v) is 8.17. The maximum absolute atomic E-state index is 12.4. The van der Waals surface area contributed by atoms with Crippen molar-refractivity contribution in [3.63, 3.8) is 0 Å². The zero-order valence-electron chi connectivity index (χ0n) is 17.0. The Balaban J connectivity index is 2.57. The van der Waals surface area contributed by atoms with E-state index in [0.717, 1.165) is 0 Å². The molecule has 3 nitrogen and oxygen atoms in total. The molecule has 2 aromatic carbocycles.